The van der Waals surface area contributed by atoms with Gasteiger partial charge < -0.3 is 10.4 Å². The second kappa shape index (κ2) is 6.43. The van der Waals surface area contributed by atoms with Crippen LogP contribution < -0.4 is 10.5 Å². The third kappa shape index (κ3) is 4.17. The maximum Gasteiger partial charge on any atom is 0.209 e. The Hall–Kier alpha value is -1.63. The molecule has 0 aliphatic rings. The fraction of sp³-hybridized carbons (Fsp3) is 0.333. The number of primary sulfonamides is 1. The third-order valence-electron chi connectivity index (χ3n) is 3.45. The van der Waals surface area contributed by atoms with E-state index in [0.29, 0.717) is 13.0 Å². The molecule has 0 amide bonds. The van der Waals surface area contributed by atoms with E-state index in [1.54, 1.807) is 0 Å². The summed E-state index contributed by atoms with van der Waals surface area (Å²) >= 11 is 0. The van der Waals surface area contributed by atoms with E-state index in [9.17, 15) is 13.5 Å². The Balaban J connectivity index is 2.06. The Labute approximate surface area is 124 Å². The van der Waals surface area contributed by atoms with Crippen molar-refractivity contribution in [3.63, 3.8) is 0 Å². The number of sulfonamides is 1. The van der Waals surface area contributed by atoms with Gasteiger partial charge in [-0.25, -0.2) is 13.6 Å². The van der Waals surface area contributed by atoms with Gasteiger partial charge >= 0.3 is 0 Å². The van der Waals surface area contributed by atoms with Crippen LogP contribution in [0, 0.1) is 0 Å². The molecule has 0 radical (unpaired) electrons. The molecule has 4 N–H and O–H groups in total. The summed E-state index contributed by atoms with van der Waals surface area (Å²) in [6, 6.07) is 11.4. The summed E-state index contributed by atoms with van der Waals surface area (Å²) < 4.78 is 21.7. The van der Waals surface area contributed by atoms with Gasteiger partial charge in [-0.2, -0.15) is 0 Å². The van der Waals surface area contributed by atoms with Crippen molar-refractivity contribution < 1.29 is 13.5 Å². The fourth-order valence-corrected chi connectivity index (χ4v) is 2.87. The molecular formula is C15H20N2O3S. The van der Waals surface area contributed by atoms with E-state index in [0.717, 1.165) is 16.3 Å². The standard InChI is InChI=1S/C15H20N2O3S/c1-11(17-9-4-10-21(16,19)20)13-8-7-12-5-2-3-6-14(12)15(13)18/h2-3,5-8,11,17-18H,4,9-10H2,1H3,(H2,16,19,20). The van der Waals surface area contributed by atoms with Crippen LogP contribution in [0.15, 0.2) is 36.4 Å². The summed E-state index contributed by atoms with van der Waals surface area (Å²) in [5, 5.41) is 20.3. The van der Waals surface area contributed by atoms with E-state index in [2.05, 4.69) is 5.32 Å². The molecule has 0 saturated heterocycles. The summed E-state index contributed by atoms with van der Waals surface area (Å²) in [5.41, 5.74) is 0.796. The first-order valence-electron chi connectivity index (χ1n) is 6.83. The molecule has 2 rings (SSSR count). The Morgan fingerprint density at radius 3 is 2.67 bits per heavy atom. The Morgan fingerprint density at radius 2 is 1.95 bits per heavy atom. The number of hydrogen-bond donors (Lipinski definition) is 3. The number of nitrogens with one attached hydrogen (secondary N) is 1. The highest BCUT2D eigenvalue weighted by Crippen LogP contribution is 2.32. The number of fused-ring (bicyclic) bond motifs is 1. The minimum Gasteiger partial charge on any atom is -0.507 e. The first kappa shape index (κ1) is 15.8. The van der Waals surface area contributed by atoms with Crippen LogP contribution >= 0.6 is 0 Å². The molecule has 0 aromatic heterocycles. The lowest BCUT2D eigenvalue weighted by molar-refractivity contribution is 0.458. The molecule has 2 aromatic carbocycles. The average Bonchev–Trinajstić information content (AvgIpc) is 2.43. The highest BCUT2D eigenvalue weighted by atomic mass is 32.2. The minimum atomic E-state index is -3.41. The van der Waals surface area contributed by atoms with Crippen LogP contribution in [0.3, 0.4) is 0 Å². The number of aromatic hydroxyl groups is 1. The molecule has 0 aliphatic heterocycles. The Bertz CT molecular complexity index is 729. The van der Waals surface area contributed by atoms with Gasteiger partial charge in [-0.1, -0.05) is 36.4 Å². The van der Waals surface area contributed by atoms with E-state index in [-0.39, 0.29) is 17.5 Å². The Morgan fingerprint density at radius 1 is 1.24 bits per heavy atom. The fourth-order valence-electron chi connectivity index (χ4n) is 2.32. The summed E-state index contributed by atoms with van der Waals surface area (Å²) in [4.78, 5) is 0. The minimum absolute atomic E-state index is 0.0452. The monoisotopic (exact) mass is 308 g/mol. The normalized spacial score (nSPS) is 13.4. The van der Waals surface area contributed by atoms with E-state index >= 15 is 0 Å². The van der Waals surface area contributed by atoms with Gasteiger partial charge in [0.25, 0.3) is 0 Å². The van der Waals surface area contributed by atoms with Gasteiger partial charge in [0.1, 0.15) is 5.75 Å². The molecule has 114 valence electrons. The quantitative estimate of drug-likeness (QED) is 0.710. The van der Waals surface area contributed by atoms with Crippen LogP contribution in [0.25, 0.3) is 10.8 Å². The molecule has 0 heterocycles. The second-order valence-electron chi connectivity index (χ2n) is 5.12. The van der Waals surface area contributed by atoms with E-state index in [1.807, 2.05) is 43.3 Å². The molecule has 2 aromatic rings. The zero-order chi connectivity index (χ0) is 15.5. The van der Waals surface area contributed by atoms with Crippen molar-refractivity contribution in [2.45, 2.75) is 19.4 Å². The SMILES string of the molecule is CC(NCCCS(N)(=O)=O)c1ccc2ccccc2c1O. The topological polar surface area (TPSA) is 92.4 Å². The lowest BCUT2D eigenvalue weighted by Crippen LogP contribution is -2.24. The maximum absolute atomic E-state index is 10.9. The van der Waals surface area contributed by atoms with Crippen molar-refractivity contribution in [2.75, 3.05) is 12.3 Å². The van der Waals surface area contributed by atoms with Crippen molar-refractivity contribution in [1.29, 1.82) is 0 Å². The number of phenols is 1. The third-order valence-corrected chi connectivity index (χ3v) is 4.31. The summed E-state index contributed by atoms with van der Waals surface area (Å²) in [6.07, 6.45) is 0.442. The van der Waals surface area contributed by atoms with Gasteiger partial charge in [0, 0.05) is 17.0 Å². The highest BCUT2D eigenvalue weighted by Gasteiger charge is 2.12. The number of benzene rings is 2. The molecule has 0 spiro atoms. The molecule has 1 unspecified atom stereocenters. The van der Waals surface area contributed by atoms with Gasteiger partial charge in [-0.3, -0.25) is 0 Å². The van der Waals surface area contributed by atoms with Crippen LogP contribution in [0.5, 0.6) is 5.75 Å². The number of rotatable bonds is 6. The molecule has 0 bridgehead atoms. The number of phenolic OH excluding ortho intramolecular Hbond substituents is 1. The summed E-state index contributed by atoms with van der Waals surface area (Å²) in [6.45, 7) is 2.45. The van der Waals surface area contributed by atoms with Crippen LogP contribution in [-0.4, -0.2) is 25.8 Å². The summed E-state index contributed by atoms with van der Waals surface area (Å²) in [7, 11) is -3.41. The smallest absolute Gasteiger partial charge is 0.209 e. The molecule has 21 heavy (non-hydrogen) atoms. The van der Waals surface area contributed by atoms with Gasteiger partial charge in [0.05, 0.1) is 5.75 Å². The molecular weight excluding hydrogens is 288 g/mol. The van der Waals surface area contributed by atoms with Crippen molar-refractivity contribution in [2.24, 2.45) is 5.14 Å². The van der Waals surface area contributed by atoms with Crippen LogP contribution in [0.2, 0.25) is 0 Å². The zero-order valence-corrected chi connectivity index (χ0v) is 12.7. The van der Waals surface area contributed by atoms with Crippen molar-refractivity contribution in [1.82, 2.24) is 5.32 Å². The maximum atomic E-state index is 10.9. The lowest BCUT2D eigenvalue weighted by atomic mass is 10.0. The van der Waals surface area contributed by atoms with Crippen LogP contribution in [-0.2, 0) is 10.0 Å². The van der Waals surface area contributed by atoms with Gasteiger partial charge in [0.15, 0.2) is 0 Å². The molecule has 5 nitrogen and oxygen atoms in total. The molecule has 1 atom stereocenters. The van der Waals surface area contributed by atoms with Crippen LogP contribution in [0.4, 0.5) is 0 Å². The number of nitrogens with two attached hydrogens (primary N) is 1. The highest BCUT2D eigenvalue weighted by molar-refractivity contribution is 7.89. The van der Waals surface area contributed by atoms with Crippen molar-refractivity contribution in [3.8, 4) is 5.75 Å². The van der Waals surface area contributed by atoms with Gasteiger partial charge in [-0.05, 0) is 25.3 Å². The first-order valence-corrected chi connectivity index (χ1v) is 8.54. The van der Waals surface area contributed by atoms with E-state index < -0.39 is 10.0 Å². The molecule has 0 saturated carbocycles. The van der Waals surface area contributed by atoms with E-state index in [4.69, 9.17) is 5.14 Å². The first-order chi connectivity index (χ1) is 9.88. The number of hydrogen-bond acceptors (Lipinski definition) is 4. The zero-order valence-electron chi connectivity index (χ0n) is 11.9. The van der Waals surface area contributed by atoms with Crippen molar-refractivity contribution in [3.05, 3.63) is 42.0 Å². The lowest BCUT2D eigenvalue weighted by Gasteiger charge is -2.16. The predicted molar refractivity (Wildman–Crippen MR) is 84.6 cm³/mol. The van der Waals surface area contributed by atoms with Crippen LogP contribution in [0.1, 0.15) is 24.9 Å². The summed E-state index contributed by atoms with van der Waals surface area (Å²) in [5.74, 6) is 0.218. The second-order valence-corrected chi connectivity index (χ2v) is 6.85. The molecule has 6 heteroatoms. The molecule has 0 aliphatic carbocycles. The van der Waals surface area contributed by atoms with Gasteiger partial charge in [0.2, 0.25) is 10.0 Å². The average molecular weight is 308 g/mol. The Kier molecular flexibility index (Phi) is 4.82. The molecule has 0 fully saturated rings. The van der Waals surface area contributed by atoms with E-state index in [1.165, 1.54) is 0 Å². The largest absolute Gasteiger partial charge is 0.507 e. The predicted octanol–water partition coefficient (Wildman–Crippen LogP) is 1.87. The van der Waals surface area contributed by atoms with Gasteiger partial charge in [-0.15, -0.1) is 0 Å². The van der Waals surface area contributed by atoms with Crippen molar-refractivity contribution >= 4 is 20.8 Å².